The van der Waals surface area contributed by atoms with E-state index in [1.807, 2.05) is 4.90 Å². The molecule has 2 aliphatic rings. The zero-order chi connectivity index (χ0) is 8.60. The lowest BCUT2D eigenvalue weighted by Gasteiger charge is -2.20. The summed E-state index contributed by atoms with van der Waals surface area (Å²) in [5.74, 6) is 0.668. The van der Waals surface area contributed by atoms with Crippen LogP contribution in [-0.4, -0.2) is 50.3 Å². The zero-order valence-corrected chi connectivity index (χ0v) is 7.63. The molecule has 2 rings (SSSR count). The van der Waals surface area contributed by atoms with Crippen molar-refractivity contribution in [1.82, 2.24) is 4.90 Å². The van der Waals surface area contributed by atoms with Crippen LogP contribution < -0.4 is 0 Å². The van der Waals surface area contributed by atoms with Gasteiger partial charge in [-0.2, -0.15) is 0 Å². The molecule has 0 aromatic carbocycles. The molecular formula is C7H12N2O2S. The van der Waals surface area contributed by atoms with Gasteiger partial charge in [-0.15, -0.1) is 0 Å². The molecule has 4 nitrogen and oxygen atoms in total. The van der Waals surface area contributed by atoms with E-state index in [1.54, 1.807) is 6.34 Å². The molecule has 0 spiro atoms. The summed E-state index contributed by atoms with van der Waals surface area (Å²) in [6.07, 6.45) is 2.56. The molecule has 0 saturated carbocycles. The predicted molar refractivity (Wildman–Crippen MR) is 47.1 cm³/mol. The molecule has 0 aromatic rings. The predicted octanol–water partition coefficient (Wildman–Crippen LogP) is -0.483. The van der Waals surface area contributed by atoms with Gasteiger partial charge < -0.3 is 4.90 Å². The molecule has 0 amide bonds. The standard InChI is InChI=1S/C7H12N2O2S/c10-12(11)4-1-7(5-12)9-3-2-8-6-9/h6-7H,1-5H2. The minimum atomic E-state index is -2.74. The van der Waals surface area contributed by atoms with Crippen molar-refractivity contribution in [2.45, 2.75) is 12.5 Å². The Kier molecular flexibility index (Phi) is 1.83. The minimum Gasteiger partial charge on any atom is -0.357 e. The van der Waals surface area contributed by atoms with E-state index in [0.29, 0.717) is 11.5 Å². The first kappa shape index (κ1) is 8.04. The van der Waals surface area contributed by atoms with Gasteiger partial charge in [0.15, 0.2) is 9.84 Å². The van der Waals surface area contributed by atoms with Crippen LogP contribution in [0.15, 0.2) is 4.99 Å². The van der Waals surface area contributed by atoms with Crippen LogP contribution in [0, 0.1) is 0 Å². The third kappa shape index (κ3) is 1.46. The SMILES string of the molecule is O=S1(=O)CCC(N2C=NCC2)C1. The first-order chi connectivity index (χ1) is 5.67. The van der Waals surface area contributed by atoms with Gasteiger partial charge in [0.1, 0.15) is 0 Å². The molecule has 1 unspecified atom stereocenters. The second-order valence-corrected chi connectivity index (χ2v) is 5.55. The number of aliphatic imine (C=N–C) groups is 1. The van der Waals surface area contributed by atoms with Crippen LogP contribution in [0.1, 0.15) is 6.42 Å². The average Bonchev–Trinajstić information content (AvgIpc) is 2.55. The first-order valence-corrected chi connectivity index (χ1v) is 5.96. The monoisotopic (exact) mass is 188 g/mol. The van der Waals surface area contributed by atoms with Crippen LogP contribution in [0.4, 0.5) is 0 Å². The molecule has 1 fully saturated rings. The van der Waals surface area contributed by atoms with Crippen LogP contribution in [0.2, 0.25) is 0 Å². The highest BCUT2D eigenvalue weighted by molar-refractivity contribution is 7.91. The maximum atomic E-state index is 11.1. The number of nitrogens with zero attached hydrogens (tertiary/aromatic N) is 2. The summed E-state index contributed by atoms with van der Waals surface area (Å²) >= 11 is 0. The summed E-state index contributed by atoms with van der Waals surface area (Å²) in [5, 5.41) is 0. The number of hydrogen-bond acceptors (Lipinski definition) is 4. The van der Waals surface area contributed by atoms with Gasteiger partial charge >= 0.3 is 0 Å². The summed E-state index contributed by atoms with van der Waals surface area (Å²) in [6, 6.07) is 0.196. The van der Waals surface area contributed by atoms with Crippen LogP contribution in [0.5, 0.6) is 0 Å². The van der Waals surface area contributed by atoms with E-state index in [-0.39, 0.29) is 6.04 Å². The Morgan fingerprint density at radius 3 is 2.83 bits per heavy atom. The maximum absolute atomic E-state index is 11.1. The summed E-state index contributed by atoms with van der Waals surface area (Å²) in [7, 11) is -2.74. The van der Waals surface area contributed by atoms with E-state index in [0.717, 1.165) is 19.5 Å². The third-order valence-corrected chi connectivity index (χ3v) is 4.15. The maximum Gasteiger partial charge on any atom is 0.152 e. The molecule has 0 N–H and O–H groups in total. The molecule has 68 valence electrons. The lowest BCUT2D eigenvalue weighted by molar-refractivity contribution is 0.371. The molecule has 0 radical (unpaired) electrons. The average molecular weight is 188 g/mol. The van der Waals surface area contributed by atoms with Crippen molar-refractivity contribution in [3.8, 4) is 0 Å². The Morgan fingerprint density at radius 1 is 1.50 bits per heavy atom. The van der Waals surface area contributed by atoms with Gasteiger partial charge in [0.05, 0.1) is 24.4 Å². The Hall–Kier alpha value is -0.580. The molecule has 0 aromatic heterocycles. The fourth-order valence-corrected chi connectivity index (χ4v) is 3.45. The van der Waals surface area contributed by atoms with Crippen molar-refractivity contribution in [3.63, 3.8) is 0 Å². The molecule has 0 bridgehead atoms. The summed E-state index contributed by atoms with van der Waals surface area (Å²) in [5.41, 5.74) is 0. The Balaban J connectivity index is 2.04. The van der Waals surface area contributed by atoms with Gasteiger partial charge in [-0.1, -0.05) is 0 Å². The lowest BCUT2D eigenvalue weighted by Crippen LogP contribution is -2.33. The van der Waals surface area contributed by atoms with Crippen molar-refractivity contribution >= 4 is 16.2 Å². The van der Waals surface area contributed by atoms with E-state index < -0.39 is 9.84 Å². The Labute approximate surface area is 72.2 Å². The van der Waals surface area contributed by atoms with E-state index in [4.69, 9.17) is 0 Å². The van der Waals surface area contributed by atoms with E-state index in [2.05, 4.69) is 4.99 Å². The normalized spacial score (nSPS) is 33.0. The number of hydrogen-bond donors (Lipinski definition) is 0. The second kappa shape index (κ2) is 2.73. The topological polar surface area (TPSA) is 49.7 Å². The van der Waals surface area contributed by atoms with E-state index in [1.165, 1.54) is 0 Å². The minimum absolute atomic E-state index is 0.196. The van der Waals surface area contributed by atoms with Gasteiger partial charge in [-0.25, -0.2) is 8.42 Å². The molecule has 2 aliphatic heterocycles. The van der Waals surface area contributed by atoms with Crippen LogP contribution in [-0.2, 0) is 9.84 Å². The third-order valence-electron chi connectivity index (χ3n) is 2.39. The zero-order valence-electron chi connectivity index (χ0n) is 6.81. The fraction of sp³-hybridized carbons (Fsp3) is 0.857. The molecule has 5 heteroatoms. The van der Waals surface area contributed by atoms with Crippen LogP contribution >= 0.6 is 0 Å². The molecule has 12 heavy (non-hydrogen) atoms. The highest BCUT2D eigenvalue weighted by Crippen LogP contribution is 2.17. The molecule has 2 heterocycles. The molecular weight excluding hydrogens is 176 g/mol. The van der Waals surface area contributed by atoms with Gasteiger partial charge in [-0.3, -0.25) is 4.99 Å². The van der Waals surface area contributed by atoms with Gasteiger partial charge in [0.2, 0.25) is 0 Å². The molecule has 0 aliphatic carbocycles. The number of sulfone groups is 1. The van der Waals surface area contributed by atoms with Crippen LogP contribution in [0.25, 0.3) is 0 Å². The largest absolute Gasteiger partial charge is 0.357 e. The smallest absolute Gasteiger partial charge is 0.152 e. The van der Waals surface area contributed by atoms with Gasteiger partial charge in [0, 0.05) is 12.6 Å². The Bertz CT molecular complexity index is 297. The second-order valence-electron chi connectivity index (χ2n) is 3.32. The highest BCUT2D eigenvalue weighted by atomic mass is 32.2. The van der Waals surface area contributed by atoms with E-state index in [9.17, 15) is 8.42 Å². The summed E-state index contributed by atoms with van der Waals surface area (Å²) < 4.78 is 22.3. The van der Waals surface area contributed by atoms with Crippen molar-refractivity contribution < 1.29 is 8.42 Å². The van der Waals surface area contributed by atoms with Crippen molar-refractivity contribution in [3.05, 3.63) is 0 Å². The fourth-order valence-electron chi connectivity index (χ4n) is 1.71. The van der Waals surface area contributed by atoms with Gasteiger partial charge in [-0.05, 0) is 6.42 Å². The van der Waals surface area contributed by atoms with Gasteiger partial charge in [0.25, 0.3) is 0 Å². The van der Waals surface area contributed by atoms with Crippen molar-refractivity contribution in [2.75, 3.05) is 24.6 Å². The van der Waals surface area contributed by atoms with Crippen molar-refractivity contribution in [1.29, 1.82) is 0 Å². The summed E-state index contributed by atoms with van der Waals surface area (Å²) in [6.45, 7) is 1.71. The Morgan fingerprint density at radius 2 is 2.33 bits per heavy atom. The first-order valence-electron chi connectivity index (χ1n) is 4.13. The quantitative estimate of drug-likeness (QED) is 0.558. The van der Waals surface area contributed by atoms with Crippen molar-refractivity contribution in [2.24, 2.45) is 4.99 Å². The highest BCUT2D eigenvalue weighted by Gasteiger charge is 2.31. The van der Waals surface area contributed by atoms with Crippen LogP contribution in [0.3, 0.4) is 0 Å². The molecule has 1 atom stereocenters. The number of rotatable bonds is 1. The summed E-state index contributed by atoms with van der Waals surface area (Å²) in [4.78, 5) is 6.11. The van der Waals surface area contributed by atoms with E-state index >= 15 is 0 Å². The lowest BCUT2D eigenvalue weighted by atomic mass is 10.2. The molecule has 1 saturated heterocycles.